The lowest BCUT2D eigenvalue weighted by Gasteiger charge is -2.49. The van der Waals surface area contributed by atoms with Crippen molar-refractivity contribution in [1.29, 1.82) is 0 Å². The largest absolute Gasteiger partial charge is 0.427 e. The van der Waals surface area contributed by atoms with E-state index in [0.717, 1.165) is 0 Å². The SMILES string of the molecule is OCC1OC(OC2C(OC3CC4C(O)CC(O)CC4[OH+]C3C3CC(O)C(O)C(O)C3)OCC(O)C2O)C(O)C(O)C1O. The molecule has 42 heavy (non-hydrogen) atoms. The molecule has 0 aromatic rings. The molecule has 3 heterocycles. The van der Waals surface area contributed by atoms with E-state index >= 15 is 0 Å². The molecule has 0 aromatic carbocycles. The molecule has 3 saturated heterocycles. The number of rotatable bonds is 6. The minimum atomic E-state index is -1.80. The summed E-state index contributed by atoms with van der Waals surface area (Å²) in [4.78, 5) is 0. The zero-order valence-electron chi connectivity index (χ0n) is 22.9. The quantitative estimate of drug-likeness (QED) is 0.124. The van der Waals surface area contributed by atoms with E-state index in [2.05, 4.69) is 0 Å². The highest BCUT2D eigenvalue weighted by atomic mass is 16.8. The maximum atomic E-state index is 10.8. The fourth-order valence-electron chi connectivity index (χ4n) is 7.10. The van der Waals surface area contributed by atoms with Crippen LogP contribution < -0.4 is 0 Å². The van der Waals surface area contributed by atoms with Crippen LogP contribution in [0.5, 0.6) is 0 Å². The van der Waals surface area contributed by atoms with Gasteiger partial charge in [-0.15, -0.1) is 0 Å². The van der Waals surface area contributed by atoms with E-state index < -0.39 is 123 Å². The van der Waals surface area contributed by atoms with Crippen LogP contribution in [0.15, 0.2) is 0 Å². The van der Waals surface area contributed by atoms with Gasteiger partial charge >= 0.3 is 0 Å². The Bertz CT molecular complexity index is 869. The first-order valence-corrected chi connectivity index (χ1v) is 14.6. The predicted octanol–water partition coefficient (Wildman–Crippen LogP) is -6.07. The van der Waals surface area contributed by atoms with Crippen LogP contribution in [0.25, 0.3) is 0 Å². The van der Waals surface area contributed by atoms with Gasteiger partial charge in [0.05, 0.1) is 43.5 Å². The first-order chi connectivity index (χ1) is 19.9. The van der Waals surface area contributed by atoms with E-state index in [1.807, 2.05) is 0 Å². The maximum absolute atomic E-state index is 10.8. The van der Waals surface area contributed by atoms with E-state index in [4.69, 9.17) is 23.7 Å². The molecule has 0 aromatic heterocycles. The third-order valence-electron chi connectivity index (χ3n) is 9.50. The van der Waals surface area contributed by atoms with E-state index in [9.17, 15) is 56.2 Å². The van der Waals surface area contributed by atoms with E-state index in [1.165, 1.54) is 0 Å². The molecule has 2 saturated carbocycles. The van der Waals surface area contributed by atoms with Crippen LogP contribution in [-0.2, 0) is 18.9 Å². The Labute approximate surface area is 241 Å². The second-order valence-corrected chi connectivity index (χ2v) is 12.4. The van der Waals surface area contributed by atoms with Gasteiger partial charge < -0.3 is 79.9 Å². The van der Waals surface area contributed by atoms with Crippen LogP contribution in [0.1, 0.15) is 32.1 Å². The van der Waals surface area contributed by atoms with Crippen molar-refractivity contribution in [2.75, 3.05) is 13.2 Å². The molecule has 0 amide bonds. The predicted molar refractivity (Wildman–Crippen MR) is 135 cm³/mol. The smallest absolute Gasteiger partial charge is 0.187 e. The van der Waals surface area contributed by atoms with Crippen molar-refractivity contribution in [3.05, 3.63) is 0 Å². The van der Waals surface area contributed by atoms with Gasteiger partial charge in [-0.2, -0.15) is 0 Å². The summed E-state index contributed by atoms with van der Waals surface area (Å²) >= 11 is 0. The maximum Gasteiger partial charge on any atom is 0.187 e. The molecule has 16 heteroatoms. The number of aliphatic hydroxyl groups is 13. The van der Waals surface area contributed by atoms with Crippen LogP contribution in [0.3, 0.4) is 0 Å². The average molecular weight is 614 g/mol. The number of fused-ring (bicyclic) bond motifs is 1. The number of hydrogen-bond donors (Lipinski definition) is 11. The minimum absolute atomic E-state index is 0.0897. The molecule has 0 radical (unpaired) electrons. The number of ether oxygens (including phenoxy) is 5. The molecule has 0 bridgehead atoms. The lowest BCUT2D eigenvalue weighted by molar-refractivity contribution is -0.377. The van der Waals surface area contributed by atoms with Gasteiger partial charge in [-0.05, 0) is 19.3 Å². The monoisotopic (exact) mass is 613 g/mol. The molecule has 244 valence electrons. The first kappa shape index (κ1) is 32.7. The Kier molecular flexibility index (Phi) is 10.4. The highest BCUT2D eigenvalue weighted by Crippen LogP contribution is 2.42. The second-order valence-electron chi connectivity index (χ2n) is 12.4. The molecular formula is C26H45O16+. The van der Waals surface area contributed by atoms with Crippen LogP contribution in [0.4, 0.5) is 0 Å². The molecule has 16 nitrogen and oxygen atoms in total. The van der Waals surface area contributed by atoms with Crippen molar-refractivity contribution >= 4 is 0 Å². The molecule has 12 N–H and O–H groups in total. The van der Waals surface area contributed by atoms with Crippen LogP contribution >= 0.6 is 0 Å². The fraction of sp³-hybridized carbons (Fsp3) is 1.00. The lowest BCUT2D eigenvalue weighted by atomic mass is 9.72. The Morgan fingerprint density at radius 1 is 0.643 bits per heavy atom. The van der Waals surface area contributed by atoms with E-state index in [1.54, 1.807) is 0 Å². The minimum Gasteiger partial charge on any atom is -0.427 e. The Morgan fingerprint density at radius 2 is 1.33 bits per heavy atom. The Hall–Kier alpha value is -0.640. The highest BCUT2D eigenvalue weighted by Gasteiger charge is 2.56. The summed E-state index contributed by atoms with van der Waals surface area (Å²) in [6.07, 6.45) is -20.6. The van der Waals surface area contributed by atoms with Crippen LogP contribution in [-0.4, -0.2) is 178 Å². The normalized spacial score (nSPS) is 55.6. The molecule has 17 unspecified atom stereocenters. The molecule has 5 fully saturated rings. The van der Waals surface area contributed by atoms with Gasteiger partial charge in [0.25, 0.3) is 0 Å². The first-order valence-electron chi connectivity index (χ1n) is 14.6. The molecule has 17 atom stereocenters. The second kappa shape index (κ2) is 13.4. The van der Waals surface area contributed by atoms with Crippen molar-refractivity contribution in [3.8, 4) is 0 Å². The van der Waals surface area contributed by atoms with Crippen molar-refractivity contribution in [2.24, 2.45) is 11.8 Å². The van der Waals surface area contributed by atoms with Crippen molar-refractivity contribution in [1.82, 2.24) is 0 Å². The van der Waals surface area contributed by atoms with Crippen molar-refractivity contribution in [2.45, 2.75) is 136 Å². The van der Waals surface area contributed by atoms with Gasteiger partial charge in [0.2, 0.25) is 0 Å². The lowest BCUT2D eigenvalue weighted by Crippen LogP contribution is -2.64. The van der Waals surface area contributed by atoms with Crippen molar-refractivity contribution < 1.29 is 79.9 Å². The summed E-state index contributed by atoms with van der Waals surface area (Å²) in [6, 6.07) is 0. The zero-order valence-corrected chi connectivity index (χ0v) is 22.9. The molecular weight excluding hydrogens is 568 g/mol. The summed E-state index contributed by atoms with van der Waals surface area (Å²) in [6.45, 7) is -1.07. The van der Waals surface area contributed by atoms with Gasteiger partial charge in [-0.3, -0.25) is 0 Å². The third-order valence-corrected chi connectivity index (χ3v) is 9.50. The molecule has 5 rings (SSSR count). The summed E-state index contributed by atoms with van der Waals surface area (Å²) in [5.74, 6) is -0.868. The summed E-state index contributed by atoms with van der Waals surface area (Å²) in [7, 11) is 0. The third kappa shape index (κ3) is 6.50. The number of aliphatic hydroxyl groups excluding tert-OH is 11. The topological polar surface area (TPSA) is 272 Å². The molecule has 3 aliphatic heterocycles. The molecule has 0 spiro atoms. The average Bonchev–Trinajstić information content (AvgIpc) is 2.95. The highest BCUT2D eigenvalue weighted by molar-refractivity contribution is 4.99. The van der Waals surface area contributed by atoms with E-state index in [0.29, 0.717) is 6.42 Å². The van der Waals surface area contributed by atoms with Gasteiger partial charge in [-0.1, -0.05) is 0 Å². The van der Waals surface area contributed by atoms with Crippen molar-refractivity contribution in [3.63, 3.8) is 0 Å². The zero-order chi connectivity index (χ0) is 30.5. The van der Waals surface area contributed by atoms with E-state index in [-0.39, 0.29) is 32.3 Å². The summed E-state index contributed by atoms with van der Waals surface area (Å²) < 4.78 is 28.1. The standard InChI is InChI=1S/C26H44O16/c27-6-17-20(35)21(36)22(37)25(41-17)42-24-19(34)14(32)7-38-26(24)40-16-5-10-11(29)3-9(28)4-15(10)39-23(16)8-1-12(30)18(33)13(31)2-8/h8-37H,1-7H2/p+1. The summed E-state index contributed by atoms with van der Waals surface area (Å²) in [5, 5.41) is 113. The van der Waals surface area contributed by atoms with Crippen LogP contribution in [0.2, 0.25) is 0 Å². The fourth-order valence-corrected chi connectivity index (χ4v) is 7.10. The molecule has 2 aliphatic carbocycles. The Morgan fingerprint density at radius 3 is 2.00 bits per heavy atom. The van der Waals surface area contributed by atoms with Gasteiger partial charge in [0.1, 0.15) is 54.9 Å². The Balaban J connectivity index is 1.38. The van der Waals surface area contributed by atoms with Gasteiger partial charge in [0, 0.05) is 18.8 Å². The molecule has 5 aliphatic rings. The van der Waals surface area contributed by atoms with Crippen LogP contribution in [0, 0.1) is 11.8 Å². The summed E-state index contributed by atoms with van der Waals surface area (Å²) in [5.41, 5.74) is 0. The number of hydrogen-bond acceptors (Lipinski definition) is 15. The van der Waals surface area contributed by atoms with Gasteiger partial charge in [0.15, 0.2) is 24.8 Å². The van der Waals surface area contributed by atoms with Gasteiger partial charge in [-0.25, -0.2) is 0 Å².